The first-order valence-electron chi connectivity index (χ1n) is 8.59. The maximum Gasteiger partial charge on any atom is 0.341 e. The van der Waals surface area contributed by atoms with Crippen LogP contribution in [0.5, 0.6) is 0 Å². The van der Waals surface area contributed by atoms with Crippen LogP contribution in [0.4, 0.5) is 5.00 Å². The van der Waals surface area contributed by atoms with E-state index in [2.05, 4.69) is 10.6 Å². The van der Waals surface area contributed by atoms with Gasteiger partial charge in [-0.15, -0.1) is 11.3 Å². The lowest BCUT2D eigenvalue weighted by molar-refractivity contribution is 0.0526. The van der Waals surface area contributed by atoms with E-state index in [1.807, 2.05) is 6.07 Å². The van der Waals surface area contributed by atoms with Crippen LogP contribution >= 0.6 is 23.6 Å². The first kappa shape index (κ1) is 18.5. The van der Waals surface area contributed by atoms with Gasteiger partial charge < -0.3 is 10.1 Å². The topological polar surface area (TPSA) is 67.4 Å². The minimum atomic E-state index is -0.341. The van der Waals surface area contributed by atoms with Crippen molar-refractivity contribution in [3.8, 4) is 0 Å². The van der Waals surface area contributed by atoms with E-state index in [0.29, 0.717) is 22.7 Å². The average Bonchev–Trinajstić information content (AvgIpc) is 3.00. The first-order valence-corrected chi connectivity index (χ1v) is 9.81. The lowest BCUT2D eigenvalue weighted by Gasteiger charge is -2.13. The van der Waals surface area contributed by atoms with Gasteiger partial charge >= 0.3 is 5.97 Å². The molecule has 0 spiro atoms. The largest absolute Gasteiger partial charge is 0.462 e. The molecular weight excluding hydrogens is 368 g/mol. The number of rotatable bonds is 4. The van der Waals surface area contributed by atoms with E-state index in [1.54, 1.807) is 31.2 Å². The zero-order valence-electron chi connectivity index (χ0n) is 14.5. The summed E-state index contributed by atoms with van der Waals surface area (Å²) in [5.74, 6) is -0.631. The predicted octanol–water partition coefficient (Wildman–Crippen LogP) is 3.93. The molecule has 0 fully saturated rings. The molecule has 0 radical (unpaired) electrons. The van der Waals surface area contributed by atoms with Gasteiger partial charge in [0.25, 0.3) is 5.91 Å². The number of fused-ring (bicyclic) bond motifs is 1. The Bertz CT molecular complexity index is 831. The highest BCUT2D eigenvalue weighted by Crippen LogP contribution is 2.38. The van der Waals surface area contributed by atoms with Crippen LogP contribution in [0.3, 0.4) is 0 Å². The number of aryl methyl sites for hydroxylation is 1. The van der Waals surface area contributed by atoms with Gasteiger partial charge in [-0.25, -0.2) is 4.79 Å². The number of thiocarbonyl (C=S) groups is 1. The molecule has 5 nitrogen and oxygen atoms in total. The first-order chi connectivity index (χ1) is 12.6. The van der Waals surface area contributed by atoms with Crippen LogP contribution in [0.25, 0.3) is 0 Å². The van der Waals surface area contributed by atoms with Crippen molar-refractivity contribution in [3.05, 3.63) is 51.9 Å². The molecule has 0 aliphatic heterocycles. The molecule has 3 rings (SSSR count). The fourth-order valence-electron chi connectivity index (χ4n) is 2.97. The Balaban J connectivity index is 1.78. The molecule has 1 aliphatic rings. The highest BCUT2D eigenvalue weighted by molar-refractivity contribution is 7.80. The van der Waals surface area contributed by atoms with E-state index in [1.165, 1.54) is 16.2 Å². The molecule has 0 atom stereocenters. The molecule has 7 heteroatoms. The summed E-state index contributed by atoms with van der Waals surface area (Å²) in [7, 11) is 0. The fourth-order valence-corrected chi connectivity index (χ4v) is 4.51. The van der Waals surface area contributed by atoms with E-state index >= 15 is 0 Å². The van der Waals surface area contributed by atoms with Crippen LogP contribution in [-0.4, -0.2) is 23.6 Å². The number of ether oxygens (including phenoxy) is 1. The van der Waals surface area contributed by atoms with Crippen molar-refractivity contribution in [2.45, 2.75) is 32.6 Å². The van der Waals surface area contributed by atoms with Crippen molar-refractivity contribution in [2.75, 3.05) is 11.9 Å². The average molecular weight is 389 g/mol. The molecule has 1 aromatic carbocycles. The third-order valence-electron chi connectivity index (χ3n) is 4.14. The molecular formula is C19H20N2O3S2. The lowest BCUT2D eigenvalue weighted by atomic mass is 9.95. The third-order valence-corrected chi connectivity index (χ3v) is 5.55. The summed E-state index contributed by atoms with van der Waals surface area (Å²) in [5, 5.41) is 6.50. The van der Waals surface area contributed by atoms with Crippen molar-refractivity contribution in [1.82, 2.24) is 5.32 Å². The van der Waals surface area contributed by atoms with Gasteiger partial charge in [0.2, 0.25) is 0 Å². The van der Waals surface area contributed by atoms with Crippen LogP contribution in [0, 0.1) is 0 Å². The normalized spacial score (nSPS) is 12.8. The molecule has 1 aliphatic carbocycles. The highest BCUT2D eigenvalue weighted by Gasteiger charge is 2.27. The Kier molecular flexibility index (Phi) is 6.00. The van der Waals surface area contributed by atoms with Crippen molar-refractivity contribution in [1.29, 1.82) is 0 Å². The standard InChI is InChI=1S/C19H20N2O3S2/c1-2-24-18(23)15-13-10-6-7-11-14(13)26-17(15)21-19(25)20-16(22)12-8-4-3-5-9-12/h3-5,8-9H,2,6-7,10-11H2,1H3,(H2,20,21,22,25). The number of anilines is 1. The fraction of sp³-hybridized carbons (Fsp3) is 0.316. The van der Waals surface area contributed by atoms with Gasteiger partial charge in [0.05, 0.1) is 12.2 Å². The number of carbonyl (C=O) groups is 2. The Labute approximate surface area is 161 Å². The Morgan fingerprint density at radius 1 is 1.19 bits per heavy atom. The number of amides is 1. The SMILES string of the molecule is CCOC(=O)c1c(NC(=S)NC(=O)c2ccccc2)sc2c1CCCC2. The molecule has 26 heavy (non-hydrogen) atoms. The molecule has 2 aromatic rings. The van der Waals surface area contributed by atoms with Crippen molar-refractivity contribution in [3.63, 3.8) is 0 Å². The zero-order chi connectivity index (χ0) is 18.5. The molecule has 1 heterocycles. The van der Waals surface area contributed by atoms with Crippen molar-refractivity contribution >= 4 is 45.5 Å². The summed E-state index contributed by atoms with van der Waals surface area (Å²) in [6.07, 6.45) is 4.00. The molecule has 1 amide bonds. The smallest absolute Gasteiger partial charge is 0.341 e. The van der Waals surface area contributed by atoms with Crippen molar-refractivity contribution < 1.29 is 14.3 Å². The minimum Gasteiger partial charge on any atom is -0.462 e. The van der Waals surface area contributed by atoms with Gasteiger partial charge in [-0.3, -0.25) is 10.1 Å². The molecule has 0 saturated carbocycles. The third kappa shape index (κ3) is 4.11. The minimum absolute atomic E-state index is 0.169. The van der Waals surface area contributed by atoms with Gasteiger partial charge in [0, 0.05) is 10.4 Å². The van der Waals surface area contributed by atoms with Crippen LogP contribution in [0.1, 0.15) is 50.9 Å². The number of thiophene rings is 1. The second kappa shape index (κ2) is 8.42. The summed E-state index contributed by atoms with van der Waals surface area (Å²) in [5.41, 5.74) is 2.13. The monoisotopic (exact) mass is 388 g/mol. The summed E-state index contributed by atoms with van der Waals surface area (Å²) >= 11 is 6.79. The molecule has 0 saturated heterocycles. The number of hydrogen-bond acceptors (Lipinski definition) is 5. The van der Waals surface area contributed by atoms with Crippen LogP contribution < -0.4 is 10.6 Å². The van der Waals surface area contributed by atoms with Gasteiger partial charge in [-0.05, 0) is 62.5 Å². The summed E-state index contributed by atoms with van der Waals surface area (Å²) in [6, 6.07) is 8.85. The maximum absolute atomic E-state index is 12.4. The van der Waals surface area contributed by atoms with E-state index < -0.39 is 0 Å². The quantitative estimate of drug-likeness (QED) is 0.614. The van der Waals surface area contributed by atoms with Gasteiger partial charge in [-0.1, -0.05) is 18.2 Å². The molecule has 0 bridgehead atoms. The van der Waals surface area contributed by atoms with Crippen LogP contribution in [0.15, 0.2) is 30.3 Å². The Morgan fingerprint density at radius 3 is 2.65 bits per heavy atom. The molecule has 136 valence electrons. The van der Waals surface area contributed by atoms with E-state index in [-0.39, 0.29) is 17.0 Å². The number of benzene rings is 1. The lowest BCUT2D eigenvalue weighted by Crippen LogP contribution is -2.34. The maximum atomic E-state index is 12.4. The van der Waals surface area contributed by atoms with E-state index in [4.69, 9.17) is 17.0 Å². The van der Waals surface area contributed by atoms with Crippen LogP contribution in [-0.2, 0) is 17.6 Å². The number of esters is 1. The van der Waals surface area contributed by atoms with Gasteiger partial charge in [-0.2, -0.15) is 0 Å². The number of carbonyl (C=O) groups excluding carboxylic acids is 2. The summed E-state index contributed by atoms with van der Waals surface area (Å²) < 4.78 is 5.22. The zero-order valence-corrected chi connectivity index (χ0v) is 16.1. The highest BCUT2D eigenvalue weighted by atomic mass is 32.1. The van der Waals surface area contributed by atoms with Crippen LogP contribution in [0.2, 0.25) is 0 Å². The Morgan fingerprint density at radius 2 is 1.92 bits per heavy atom. The van der Waals surface area contributed by atoms with E-state index in [9.17, 15) is 9.59 Å². The number of nitrogens with one attached hydrogen (secondary N) is 2. The van der Waals surface area contributed by atoms with Gasteiger partial charge in [0.1, 0.15) is 5.00 Å². The summed E-state index contributed by atoms with van der Waals surface area (Å²) in [6.45, 7) is 2.10. The second-order valence-corrected chi connectivity index (χ2v) is 7.42. The predicted molar refractivity (Wildman–Crippen MR) is 107 cm³/mol. The molecule has 2 N–H and O–H groups in total. The Hall–Kier alpha value is -2.25. The van der Waals surface area contributed by atoms with Crippen molar-refractivity contribution in [2.24, 2.45) is 0 Å². The second-order valence-electron chi connectivity index (χ2n) is 5.91. The van der Waals surface area contributed by atoms with E-state index in [0.717, 1.165) is 31.2 Å². The summed E-state index contributed by atoms with van der Waals surface area (Å²) in [4.78, 5) is 25.9. The van der Waals surface area contributed by atoms with Gasteiger partial charge in [0.15, 0.2) is 5.11 Å². The molecule has 1 aromatic heterocycles. The molecule has 0 unspecified atom stereocenters. The number of hydrogen-bond donors (Lipinski definition) is 2.